The fourth-order valence-corrected chi connectivity index (χ4v) is 5.58. The predicted molar refractivity (Wildman–Crippen MR) is 131 cm³/mol. The van der Waals surface area contributed by atoms with Gasteiger partial charge in [-0.1, -0.05) is 20.3 Å². The SMILES string of the molecule is CCCOc1ccc(S(=O)(=O)NC2CCN(C)C2)cc1-c1nc2c(CCC)nn(C)c2c(=O)[nH]1. The van der Waals surface area contributed by atoms with Crippen LogP contribution in [0.2, 0.25) is 0 Å². The van der Waals surface area contributed by atoms with E-state index >= 15 is 0 Å². The average Bonchev–Trinajstić information content (AvgIpc) is 3.34. The highest BCUT2D eigenvalue weighted by Crippen LogP contribution is 2.31. The van der Waals surface area contributed by atoms with Crippen LogP contribution in [0.25, 0.3) is 22.4 Å². The number of aromatic amines is 1. The normalized spacial score (nSPS) is 17.0. The Bertz CT molecular complexity index is 1350. The Balaban J connectivity index is 1.81. The minimum absolute atomic E-state index is 0.101. The third kappa shape index (κ3) is 4.86. The molecule has 3 heterocycles. The first-order chi connectivity index (χ1) is 16.2. The first kappa shape index (κ1) is 24.4. The Morgan fingerprint density at radius 2 is 2.03 bits per heavy atom. The molecule has 1 aliphatic rings. The number of nitrogens with zero attached hydrogens (tertiary/aromatic N) is 4. The van der Waals surface area contributed by atoms with Crippen molar-refractivity contribution in [2.75, 3.05) is 26.7 Å². The summed E-state index contributed by atoms with van der Waals surface area (Å²) in [6.07, 6.45) is 3.08. The molecule has 1 unspecified atom stereocenters. The molecule has 0 saturated carbocycles. The van der Waals surface area contributed by atoms with Crippen LogP contribution in [-0.2, 0) is 23.5 Å². The Labute approximate surface area is 199 Å². The number of hydrogen-bond donors (Lipinski definition) is 2. The van der Waals surface area contributed by atoms with Crippen molar-refractivity contribution in [1.82, 2.24) is 29.4 Å². The number of fused-ring (bicyclic) bond motifs is 1. The molecule has 1 aliphatic heterocycles. The molecular formula is C23H32N6O4S. The van der Waals surface area contributed by atoms with Crippen LogP contribution >= 0.6 is 0 Å². The monoisotopic (exact) mass is 488 g/mol. The quantitative estimate of drug-likeness (QED) is 0.473. The van der Waals surface area contributed by atoms with Crippen molar-refractivity contribution in [2.45, 2.75) is 50.5 Å². The van der Waals surface area contributed by atoms with Crippen LogP contribution in [0.4, 0.5) is 0 Å². The molecule has 34 heavy (non-hydrogen) atoms. The molecular weight excluding hydrogens is 456 g/mol. The van der Waals surface area contributed by atoms with Gasteiger partial charge in [-0.05, 0) is 51.1 Å². The van der Waals surface area contributed by atoms with Gasteiger partial charge in [-0.15, -0.1) is 0 Å². The van der Waals surface area contributed by atoms with E-state index in [1.165, 1.54) is 16.8 Å². The van der Waals surface area contributed by atoms with E-state index in [0.717, 1.165) is 31.5 Å². The molecule has 0 amide bonds. The average molecular weight is 489 g/mol. The number of aromatic nitrogens is 4. The lowest BCUT2D eigenvalue weighted by Crippen LogP contribution is -2.36. The Morgan fingerprint density at radius 1 is 1.24 bits per heavy atom. The second-order valence-electron chi connectivity index (χ2n) is 8.81. The molecule has 1 atom stereocenters. The van der Waals surface area contributed by atoms with Crippen molar-refractivity contribution in [1.29, 1.82) is 0 Å². The Hall–Kier alpha value is -2.76. The Morgan fingerprint density at radius 3 is 2.71 bits per heavy atom. The molecule has 2 aromatic heterocycles. The van der Waals surface area contributed by atoms with E-state index in [9.17, 15) is 13.2 Å². The third-order valence-corrected chi connectivity index (χ3v) is 7.46. The van der Waals surface area contributed by atoms with E-state index in [-0.39, 0.29) is 22.3 Å². The van der Waals surface area contributed by atoms with Crippen LogP contribution in [0.1, 0.15) is 38.8 Å². The number of sulfonamides is 1. The summed E-state index contributed by atoms with van der Waals surface area (Å²) < 4.78 is 36.5. The van der Waals surface area contributed by atoms with E-state index < -0.39 is 10.0 Å². The third-order valence-electron chi connectivity index (χ3n) is 5.94. The van der Waals surface area contributed by atoms with E-state index in [0.29, 0.717) is 41.9 Å². The summed E-state index contributed by atoms with van der Waals surface area (Å²) >= 11 is 0. The minimum atomic E-state index is -3.77. The number of rotatable bonds is 9. The molecule has 1 aromatic carbocycles. The number of H-pyrrole nitrogens is 1. The fraction of sp³-hybridized carbons (Fsp3) is 0.522. The summed E-state index contributed by atoms with van der Waals surface area (Å²) in [5.41, 5.74) is 1.73. The number of nitrogens with one attached hydrogen (secondary N) is 2. The van der Waals surface area contributed by atoms with Crippen LogP contribution in [0, 0.1) is 0 Å². The predicted octanol–water partition coefficient (Wildman–Crippen LogP) is 2.05. The van der Waals surface area contributed by atoms with Crippen LogP contribution in [0.5, 0.6) is 5.75 Å². The van der Waals surface area contributed by atoms with Gasteiger partial charge in [-0.25, -0.2) is 18.1 Å². The van der Waals surface area contributed by atoms with Crippen molar-refractivity contribution in [3.8, 4) is 17.1 Å². The maximum absolute atomic E-state index is 13.1. The van der Waals surface area contributed by atoms with Gasteiger partial charge in [0.15, 0.2) is 5.52 Å². The van der Waals surface area contributed by atoms with E-state index in [4.69, 9.17) is 9.72 Å². The van der Waals surface area contributed by atoms with Crippen molar-refractivity contribution >= 4 is 21.1 Å². The summed E-state index contributed by atoms with van der Waals surface area (Å²) in [5.74, 6) is 0.719. The molecule has 184 valence electrons. The highest BCUT2D eigenvalue weighted by molar-refractivity contribution is 7.89. The van der Waals surface area contributed by atoms with Gasteiger partial charge in [0.2, 0.25) is 10.0 Å². The van der Waals surface area contributed by atoms with E-state index in [1.807, 2.05) is 20.9 Å². The lowest BCUT2D eigenvalue weighted by atomic mass is 10.1. The van der Waals surface area contributed by atoms with Crippen LogP contribution in [-0.4, -0.2) is 65.9 Å². The summed E-state index contributed by atoms with van der Waals surface area (Å²) in [6, 6.07) is 4.53. The lowest BCUT2D eigenvalue weighted by molar-refractivity contribution is 0.318. The minimum Gasteiger partial charge on any atom is -0.493 e. The van der Waals surface area contributed by atoms with Crippen molar-refractivity contribution in [2.24, 2.45) is 7.05 Å². The van der Waals surface area contributed by atoms with Crippen molar-refractivity contribution in [3.05, 3.63) is 34.2 Å². The van der Waals surface area contributed by atoms with Gasteiger partial charge in [-0.2, -0.15) is 5.10 Å². The number of likely N-dealkylation sites (N-methyl/N-ethyl adjacent to an activating group) is 1. The van der Waals surface area contributed by atoms with Gasteiger partial charge in [0.25, 0.3) is 5.56 Å². The molecule has 3 aromatic rings. The smallest absolute Gasteiger partial charge is 0.277 e. The zero-order chi connectivity index (χ0) is 24.5. The Kier molecular flexibility index (Phi) is 7.06. The van der Waals surface area contributed by atoms with E-state index in [1.54, 1.807) is 13.1 Å². The molecule has 11 heteroatoms. The summed E-state index contributed by atoms with van der Waals surface area (Å²) in [6.45, 7) is 5.98. The molecule has 2 N–H and O–H groups in total. The largest absolute Gasteiger partial charge is 0.493 e. The van der Waals surface area contributed by atoms with Gasteiger partial charge >= 0.3 is 0 Å². The second kappa shape index (κ2) is 9.85. The zero-order valence-corrected chi connectivity index (χ0v) is 20.9. The van der Waals surface area contributed by atoms with Gasteiger partial charge in [0.1, 0.15) is 17.1 Å². The van der Waals surface area contributed by atoms with Crippen LogP contribution in [0.3, 0.4) is 0 Å². The summed E-state index contributed by atoms with van der Waals surface area (Å²) in [4.78, 5) is 22.7. The molecule has 10 nitrogen and oxygen atoms in total. The number of ether oxygens (including phenoxy) is 1. The van der Waals surface area contributed by atoms with Crippen molar-refractivity contribution in [3.63, 3.8) is 0 Å². The number of likely N-dealkylation sites (tertiary alicyclic amines) is 1. The standard InChI is InChI=1S/C23H32N6O4S/c1-5-7-18-20-21(29(4)26-18)23(30)25-22(24-20)17-13-16(8-9-19(17)33-12-6-2)34(31,32)27-15-10-11-28(3)14-15/h8-9,13,15,27H,5-7,10-12,14H2,1-4H3,(H,24,25,30). The molecule has 1 saturated heterocycles. The summed E-state index contributed by atoms with van der Waals surface area (Å²) in [5, 5.41) is 4.46. The highest BCUT2D eigenvalue weighted by Gasteiger charge is 2.27. The zero-order valence-electron chi connectivity index (χ0n) is 20.1. The van der Waals surface area contributed by atoms with Crippen LogP contribution in [0.15, 0.2) is 27.9 Å². The molecule has 1 fully saturated rings. The van der Waals surface area contributed by atoms with E-state index in [2.05, 4.69) is 19.7 Å². The first-order valence-electron chi connectivity index (χ1n) is 11.7. The summed E-state index contributed by atoms with van der Waals surface area (Å²) in [7, 11) is -0.0853. The maximum atomic E-state index is 13.1. The molecule has 0 radical (unpaired) electrons. The van der Waals surface area contributed by atoms with Gasteiger partial charge in [0.05, 0.1) is 22.8 Å². The fourth-order valence-electron chi connectivity index (χ4n) is 4.30. The molecule has 0 spiro atoms. The lowest BCUT2D eigenvalue weighted by Gasteiger charge is -2.16. The number of hydrogen-bond acceptors (Lipinski definition) is 7. The van der Waals surface area contributed by atoms with Gasteiger partial charge < -0.3 is 14.6 Å². The topological polar surface area (TPSA) is 122 Å². The first-order valence-corrected chi connectivity index (χ1v) is 13.2. The molecule has 4 rings (SSSR count). The van der Waals surface area contributed by atoms with Crippen molar-refractivity contribution < 1.29 is 13.2 Å². The maximum Gasteiger partial charge on any atom is 0.277 e. The van der Waals surface area contributed by atoms with Gasteiger partial charge in [0, 0.05) is 19.6 Å². The number of aryl methyl sites for hydroxylation is 2. The van der Waals surface area contributed by atoms with Gasteiger partial charge in [-0.3, -0.25) is 9.48 Å². The molecule has 0 bridgehead atoms. The number of benzene rings is 1. The molecule has 0 aliphatic carbocycles. The second-order valence-corrected chi connectivity index (χ2v) is 10.5. The van der Waals surface area contributed by atoms with Crippen LogP contribution < -0.4 is 15.0 Å². The highest BCUT2D eigenvalue weighted by atomic mass is 32.2.